The summed E-state index contributed by atoms with van der Waals surface area (Å²) in [6.07, 6.45) is 10.2. The first-order chi connectivity index (χ1) is 15.9. The van der Waals surface area contributed by atoms with Crippen molar-refractivity contribution in [3.63, 3.8) is 0 Å². The van der Waals surface area contributed by atoms with E-state index in [2.05, 4.69) is 25.1 Å². The maximum absolute atomic E-state index is 11.6. The Hall–Kier alpha value is -2.16. The fraction of sp³-hybridized carbons (Fsp3) is 0.643. The van der Waals surface area contributed by atoms with Crippen LogP contribution in [0.4, 0.5) is 0 Å². The standard InChI is InChI=1S/C28H41NO4/c1-4-5-8-12-25(30)21-14-16-22(17-15-21)28-24(23(19-29)18-26(28)31)11-9-6-7-10-13-27(32)33-20(2)3/h6,9,14-17,20,23-26,28,30-31H,4-5,7-8,10-13,18H2,1-3H3/b9-6-/t23-,24+,25?,26+,28+/m0/s1. The zero-order chi connectivity index (χ0) is 24.2. The number of hydrogen-bond acceptors (Lipinski definition) is 5. The Kier molecular flexibility index (Phi) is 11.6. The number of nitriles is 1. The van der Waals surface area contributed by atoms with Crippen LogP contribution in [-0.4, -0.2) is 28.4 Å². The largest absolute Gasteiger partial charge is 0.463 e. The summed E-state index contributed by atoms with van der Waals surface area (Å²) in [5, 5.41) is 30.8. The number of carbonyl (C=O) groups excluding carboxylic acids is 1. The van der Waals surface area contributed by atoms with Crippen LogP contribution in [0.2, 0.25) is 0 Å². The van der Waals surface area contributed by atoms with Crippen LogP contribution in [0.15, 0.2) is 36.4 Å². The quantitative estimate of drug-likeness (QED) is 0.217. The van der Waals surface area contributed by atoms with E-state index in [4.69, 9.17) is 4.74 Å². The van der Waals surface area contributed by atoms with Crippen molar-refractivity contribution in [2.75, 3.05) is 0 Å². The first-order valence-corrected chi connectivity index (χ1v) is 12.6. The highest BCUT2D eigenvalue weighted by Gasteiger charge is 2.42. The van der Waals surface area contributed by atoms with E-state index in [9.17, 15) is 20.3 Å². The van der Waals surface area contributed by atoms with Gasteiger partial charge in [-0.25, -0.2) is 0 Å². The summed E-state index contributed by atoms with van der Waals surface area (Å²) >= 11 is 0. The molecule has 0 heterocycles. The Morgan fingerprint density at radius 2 is 1.94 bits per heavy atom. The van der Waals surface area contributed by atoms with Crippen LogP contribution in [0.5, 0.6) is 0 Å². The second-order valence-corrected chi connectivity index (χ2v) is 9.54. The normalized spacial score (nSPS) is 23.7. The molecule has 5 atom stereocenters. The number of aliphatic hydroxyl groups excluding tert-OH is 2. The van der Waals surface area contributed by atoms with Gasteiger partial charge in [0.25, 0.3) is 0 Å². The summed E-state index contributed by atoms with van der Waals surface area (Å²) in [5.41, 5.74) is 1.94. The molecule has 33 heavy (non-hydrogen) atoms. The third kappa shape index (κ3) is 8.61. The molecule has 0 radical (unpaired) electrons. The van der Waals surface area contributed by atoms with Gasteiger partial charge in [-0.1, -0.05) is 62.6 Å². The summed E-state index contributed by atoms with van der Waals surface area (Å²) < 4.78 is 5.15. The third-order valence-electron chi connectivity index (χ3n) is 6.53. The predicted octanol–water partition coefficient (Wildman–Crippen LogP) is 5.97. The van der Waals surface area contributed by atoms with Crippen LogP contribution in [0.3, 0.4) is 0 Å². The lowest BCUT2D eigenvalue weighted by atomic mass is 9.82. The SMILES string of the molecule is CCCCCC(O)c1ccc([C@@H]2[C@H](C/C=C\CCCC(=O)OC(C)C)[C@H](C#N)C[C@H]2O)cc1. The van der Waals surface area contributed by atoms with Crippen LogP contribution in [0, 0.1) is 23.2 Å². The molecule has 0 aromatic heterocycles. The Morgan fingerprint density at radius 1 is 1.21 bits per heavy atom. The van der Waals surface area contributed by atoms with Crippen molar-refractivity contribution < 1.29 is 19.7 Å². The molecular weight excluding hydrogens is 414 g/mol. The van der Waals surface area contributed by atoms with E-state index in [1.165, 1.54) is 0 Å². The fourth-order valence-corrected chi connectivity index (χ4v) is 4.80. The van der Waals surface area contributed by atoms with Gasteiger partial charge in [0.2, 0.25) is 0 Å². The number of carbonyl (C=O) groups is 1. The molecule has 1 aromatic carbocycles. The minimum absolute atomic E-state index is 0.0486. The topological polar surface area (TPSA) is 90.5 Å². The minimum atomic E-state index is -0.542. The summed E-state index contributed by atoms with van der Waals surface area (Å²) in [6, 6.07) is 10.3. The summed E-state index contributed by atoms with van der Waals surface area (Å²) in [5.74, 6) is -0.394. The van der Waals surface area contributed by atoms with Gasteiger partial charge in [-0.05, 0) is 63.0 Å². The lowest BCUT2D eigenvalue weighted by Gasteiger charge is -2.23. The van der Waals surface area contributed by atoms with E-state index >= 15 is 0 Å². The van der Waals surface area contributed by atoms with E-state index in [1.807, 2.05) is 38.1 Å². The first-order valence-electron chi connectivity index (χ1n) is 12.6. The zero-order valence-corrected chi connectivity index (χ0v) is 20.5. The van der Waals surface area contributed by atoms with E-state index in [0.717, 1.165) is 56.1 Å². The Bertz CT molecular complexity index is 780. The van der Waals surface area contributed by atoms with Gasteiger partial charge in [0, 0.05) is 12.3 Å². The van der Waals surface area contributed by atoms with Crippen LogP contribution < -0.4 is 0 Å². The maximum atomic E-state index is 11.6. The summed E-state index contributed by atoms with van der Waals surface area (Å²) in [6.45, 7) is 5.84. The van der Waals surface area contributed by atoms with Gasteiger partial charge in [0.15, 0.2) is 0 Å². The van der Waals surface area contributed by atoms with E-state index in [1.54, 1.807) is 0 Å². The lowest BCUT2D eigenvalue weighted by molar-refractivity contribution is -0.147. The molecule has 1 unspecified atom stereocenters. The molecule has 5 nitrogen and oxygen atoms in total. The van der Waals surface area contributed by atoms with Gasteiger partial charge in [0.05, 0.1) is 30.3 Å². The van der Waals surface area contributed by atoms with Gasteiger partial charge in [0.1, 0.15) is 0 Å². The number of ether oxygens (including phenoxy) is 1. The average Bonchev–Trinajstić information content (AvgIpc) is 3.10. The van der Waals surface area contributed by atoms with Crippen molar-refractivity contribution >= 4 is 5.97 Å². The second kappa shape index (κ2) is 14.2. The number of nitrogens with zero attached hydrogens (tertiary/aromatic N) is 1. The van der Waals surface area contributed by atoms with Gasteiger partial charge >= 0.3 is 5.97 Å². The van der Waals surface area contributed by atoms with Crippen molar-refractivity contribution in [1.82, 2.24) is 0 Å². The van der Waals surface area contributed by atoms with Crippen molar-refractivity contribution in [3.05, 3.63) is 47.5 Å². The molecule has 1 saturated carbocycles. The van der Waals surface area contributed by atoms with Crippen LogP contribution in [0.25, 0.3) is 0 Å². The fourth-order valence-electron chi connectivity index (χ4n) is 4.80. The number of benzene rings is 1. The van der Waals surface area contributed by atoms with E-state index < -0.39 is 12.2 Å². The second-order valence-electron chi connectivity index (χ2n) is 9.54. The van der Waals surface area contributed by atoms with Gasteiger partial charge < -0.3 is 14.9 Å². The molecule has 2 rings (SSSR count). The molecule has 2 N–H and O–H groups in total. The van der Waals surface area contributed by atoms with Crippen molar-refractivity contribution in [1.29, 1.82) is 5.26 Å². The zero-order valence-electron chi connectivity index (χ0n) is 20.5. The lowest BCUT2D eigenvalue weighted by Crippen LogP contribution is -2.18. The van der Waals surface area contributed by atoms with Gasteiger partial charge in [-0.2, -0.15) is 5.26 Å². The Labute approximate surface area is 199 Å². The number of rotatable bonds is 13. The van der Waals surface area contributed by atoms with Crippen LogP contribution >= 0.6 is 0 Å². The molecule has 0 amide bonds. The van der Waals surface area contributed by atoms with Crippen molar-refractivity contribution in [2.45, 2.75) is 103 Å². The van der Waals surface area contributed by atoms with Gasteiger partial charge in [-0.3, -0.25) is 4.79 Å². The van der Waals surface area contributed by atoms with Gasteiger partial charge in [-0.15, -0.1) is 0 Å². The molecule has 5 heteroatoms. The molecule has 0 saturated heterocycles. The molecule has 1 aliphatic carbocycles. The highest BCUT2D eigenvalue weighted by molar-refractivity contribution is 5.69. The highest BCUT2D eigenvalue weighted by atomic mass is 16.5. The number of esters is 1. The smallest absolute Gasteiger partial charge is 0.306 e. The first kappa shape index (κ1) is 27.1. The molecule has 0 spiro atoms. The van der Waals surface area contributed by atoms with E-state index in [0.29, 0.717) is 12.8 Å². The monoisotopic (exact) mass is 455 g/mol. The molecule has 0 bridgehead atoms. The molecular formula is C28H41NO4. The number of unbranched alkanes of at least 4 members (excludes halogenated alkanes) is 3. The summed E-state index contributed by atoms with van der Waals surface area (Å²) in [7, 11) is 0. The van der Waals surface area contributed by atoms with Crippen molar-refractivity contribution in [3.8, 4) is 6.07 Å². The molecule has 0 aliphatic heterocycles. The molecule has 182 valence electrons. The minimum Gasteiger partial charge on any atom is -0.463 e. The number of allylic oxidation sites excluding steroid dienone is 2. The van der Waals surface area contributed by atoms with Crippen molar-refractivity contribution in [2.24, 2.45) is 11.8 Å². The molecule has 1 fully saturated rings. The molecule has 1 aromatic rings. The van der Waals surface area contributed by atoms with E-state index in [-0.39, 0.29) is 29.8 Å². The Morgan fingerprint density at radius 3 is 2.58 bits per heavy atom. The highest BCUT2D eigenvalue weighted by Crippen LogP contribution is 2.45. The number of aliphatic hydroxyl groups is 2. The van der Waals surface area contributed by atoms with Crippen LogP contribution in [-0.2, 0) is 9.53 Å². The Balaban J connectivity index is 1.95. The molecule has 1 aliphatic rings. The predicted molar refractivity (Wildman–Crippen MR) is 130 cm³/mol. The van der Waals surface area contributed by atoms with Crippen LogP contribution in [0.1, 0.15) is 102 Å². The third-order valence-corrected chi connectivity index (χ3v) is 6.53. The average molecular weight is 456 g/mol. The summed E-state index contributed by atoms with van der Waals surface area (Å²) in [4.78, 5) is 11.6. The maximum Gasteiger partial charge on any atom is 0.306 e. The number of hydrogen-bond donors (Lipinski definition) is 2.